The van der Waals surface area contributed by atoms with Crippen LogP contribution in [0.4, 0.5) is 10.6 Å². The van der Waals surface area contributed by atoms with Gasteiger partial charge in [0.1, 0.15) is 5.82 Å². The predicted octanol–water partition coefficient (Wildman–Crippen LogP) is 4.77. The van der Waals surface area contributed by atoms with Gasteiger partial charge in [-0.1, -0.05) is 19.9 Å². The minimum atomic E-state index is -0.369. The van der Waals surface area contributed by atoms with Crippen molar-refractivity contribution >= 4 is 17.6 Å². The third-order valence-corrected chi connectivity index (χ3v) is 5.48. The normalized spacial score (nSPS) is 20.5. The van der Waals surface area contributed by atoms with Crippen LogP contribution in [0.3, 0.4) is 0 Å². The molecule has 153 valence electrons. The number of aryl methyl sites for hydroxylation is 1. The molecule has 1 N–H and O–H groups in total. The van der Waals surface area contributed by atoms with Crippen LogP contribution in [-0.4, -0.2) is 26.7 Å². The summed E-state index contributed by atoms with van der Waals surface area (Å²) in [6, 6.07) is 8.99. The highest BCUT2D eigenvalue weighted by atomic mass is 16.2. The average Bonchev–Trinajstić information content (AvgIpc) is 2.66. The number of nitrogens with one attached hydrogen (secondary N) is 1. The van der Waals surface area contributed by atoms with Crippen LogP contribution in [0.2, 0.25) is 0 Å². The second kappa shape index (κ2) is 7.52. The molecule has 4 rings (SSSR count). The number of urea groups is 1. The molecule has 2 aromatic heterocycles. The van der Waals surface area contributed by atoms with E-state index in [0.29, 0.717) is 29.9 Å². The van der Waals surface area contributed by atoms with E-state index < -0.39 is 0 Å². The summed E-state index contributed by atoms with van der Waals surface area (Å²) in [4.78, 5) is 36.7. The summed E-state index contributed by atoms with van der Waals surface area (Å²) in [6.07, 6.45) is 7.76. The Morgan fingerprint density at radius 2 is 1.97 bits per heavy atom. The zero-order chi connectivity index (χ0) is 21.5. The highest BCUT2D eigenvalue weighted by molar-refractivity contribution is 6.01. The van der Waals surface area contributed by atoms with E-state index in [-0.39, 0.29) is 23.1 Å². The van der Waals surface area contributed by atoms with Crippen molar-refractivity contribution in [1.82, 2.24) is 14.9 Å². The van der Waals surface area contributed by atoms with Crippen molar-refractivity contribution in [3.63, 3.8) is 0 Å². The summed E-state index contributed by atoms with van der Waals surface area (Å²) >= 11 is 0. The molecular formula is C24H25N4O2. The zero-order valence-electron chi connectivity index (χ0n) is 17.7. The van der Waals surface area contributed by atoms with E-state index in [1.54, 1.807) is 17.3 Å². The lowest BCUT2D eigenvalue weighted by Crippen LogP contribution is -2.42. The number of pyridine rings is 2. The van der Waals surface area contributed by atoms with Gasteiger partial charge in [-0.25, -0.2) is 9.78 Å². The molecule has 0 saturated carbocycles. The van der Waals surface area contributed by atoms with Crippen molar-refractivity contribution in [3.8, 4) is 0 Å². The third kappa shape index (κ3) is 3.77. The van der Waals surface area contributed by atoms with E-state index >= 15 is 0 Å². The van der Waals surface area contributed by atoms with Crippen molar-refractivity contribution < 1.29 is 9.59 Å². The number of rotatable bonds is 2. The Bertz CT molecular complexity index is 1070. The molecule has 1 atom stereocenters. The summed E-state index contributed by atoms with van der Waals surface area (Å²) < 4.78 is 0. The highest BCUT2D eigenvalue weighted by Gasteiger charge is 2.42. The summed E-state index contributed by atoms with van der Waals surface area (Å²) in [5.74, 6) is 0.150. The molecule has 1 unspecified atom stereocenters. The van der Waals surface area contributed by atoms with Crippen molar-refractivity contribution in [3.05, 3.63) is 77.0 Å². The molecule has 1 radical (unpaired) electrons. The van der Waals surface area contributed by atoms with Gasteiger partial charge in [0.05, 0.1) is 11.6 Å². The summed E-state index contributed by atoms with van der Waals surface area (Å²) in [5, 5.41) is 2.87. The first-order chi connectivity index (χ1) is 14.2. The van der Waals surface area contributed by atoms with Gasteiger partial charge in [0.15, 0.2) is 5.78 Å². The second-order valence-electron chi connectivity index (χ2n) is 8.70. The first-order valence-electron chi connectivity index (χ1n) is 10.1. The van der Waals surface area contributed by atoms with Crippen LogP contribution >= 0.6 is 0 Å². The summed E-state index contributed by atoms with van der Waals surface area (Å²) in [5.41, 5.74) is 3.53. The molecule has 0 bridgehead atoms. The molecule has 2 aromatic rings. The topological polar surface area (TPSA) is 75.2 Å². The van der Waals surface area contributed by atoms with Crippen LogP contribution in [0.1, 0.15) is 50.8 Å². The quantitative estimate of drug-likeness (QED) is 0.787. The molecule has 0 aromatic carbocycles. The molecule has 3 heterocycles. The van der Waals surface area contributed by atoms with Crippen LogP contribution in [0.15, 0.2) is 59.7 Å². The van der Waals surface area contributed by atoms with Crippen molar-refractivity contribution in [2.75, 3.05) is 5.32 Å². The molecule has 0 fully saturated rings. The number of aromatic nitrogens is 2. The lowest BCUT2D eigenvalue weighted by molar-refractivity contribution is -0.118. The smallest absolute Gasteiger partial charge is 0.294 e. The molecule has 0 spiro atoms. The van der Waals surface area contributed by atoms with Gasteiger partial charge >= 0.3 is 6.03 Å². The molecule has 1 aliphatic carbocycles. The molecule has 2 aliphatic rings. The number of anilines is 1. The van der Waals surface area contributed by atoms with Gasteiger partial charge in [0, 0.05) is 35.8 Å². The Balaban J connectivity index is 1.77. The monoisotopic (exact) mass is 401 g/mol. The largest absolute Gasteiger partial charge is 0.331 e. The maximum Gasteiger partial charge on any atom is 0.331 e. The van der Waals surface area contributed by atoms with Crippen molar-refractivity contribution in [1.29, 1.82) is 0 Å². The average molecular weight is 401 g/mol. The number of carbonyl (C=O) groups excluding carboxylic acids is 2. The minimum Gasteiger partial charge on any atom is -0.294 e. The van der Waals surface area contributed by atoms with E-state index in [4.69, 9.17) is 0 Å². The van der Waals surface area contributed by atoms with Crippen LogP contribution < -0.4 is 5.32 Å². The molecule has 0 saturated heterocycles. The standard InChI is InChI=1S/C24H25N4O2/c1-15-8-10-26-21(11-15)27-23(30)28-16(2)12-17(18-7-5-6-9-25-18)22-19(28)13-24(3,4)14-20(22)29/h5-11,17H,13-14H2,1-4H3,(H,26,27,30). The molecular weight excluding hydrogens is 376 g/mol. The summed E-state index contributed by atoms with van der Waals surface area (Å²) in [7, 11) is 0. The lowest BCUT2D eigenvalue weighted by Gasteiger charge is -2.41. The number of ketones is 1. The van der Waals surface area contributed by atoms with E-state index in [1.165, 1.54) is 0 Å². The van der Waals surface area contributed by atoms with Gasteiger partial charge in [0.25, 0.3) is 0 Å². The van der Waals surface area contributed by atoms with Gasteiger partial charge < -0.3 is 0 Å². The number of carbonyl (C=O) groups is 2. The molecule has 2 amide bonds. The number of allylic oxidation sites excluding steroid dienone is 4. The van der Waals surface area contributed by atoms with Crippen molar-refractivity contribution in [2.45, 2.75) is 46.5 Å². The van der Waals surface area contributed by atoms with Gasteiger partial charge in [-0.15, -0.1) is 0 Å². The van der Waals surface area contributed by atoms with Crippen LogP contribution in [-0.2, 0) is 4.79 Å². The number of hydrogen-bond donors (Lipinski definition) is 1. The Kier molecular flexibility index (Phi) is 5.02. The molecule has 30 heavy (non-hydrogen) atoms. The summed E-state index contributed by atoms with van der Waals surface area (Å²) in [6.45, 7) is 7.90. The highest BCUT2D eigenvalue weighted by Crippen LogP contribution is 2.46. The fourth-order valence-corrected chi connectivity index (χ4v) is 4.19. The first kappa shape index (κ1) is 20.0. The maximum atomic E-state index is 13.3. The van der Waals surface area contributed by atoms with E-state index in [1.807, 2.05) is 44.2 Å². The number of nitrogens with zero attached hydrogens (tertiary/aromatic N) is 3. The predicted molar refractivity (Wildman–Crippen MR) is 114 cm³/mol. The van der Waals surface area contributed by atoms with E-state index in [9.17, 15) is 9.59 Å². The second-order valence-corrected chi connectivity index (χ2v) is 8.70. The fourth-order valence-electron chi connectivity index (χ4n) is 4.19. The van der Waals surface area contributed by atoms with Gasteiger partial charge in [-0.2, -0.15) is 0 Å². The number of hydrogen-bond acceptors (Lipinski definition) is 4. The minimum absolute atomic E-state index is 0.0448. The van der Waals surface area contributed by atoms with Gasteiger partial charge in [-0.05, 0) is 61.6 Å². The molecule has 1 aliphatic heterocycles. The van der Waals surface area contributed by atoms with Crippen LogP contribution in [0.25, 0.3) is 0 Å². The Morgan fingerprint density at radius 1 is 1.17 bits per heavy atom. The zero-order valence-corrected chi connectivity index (χ0v) is 17.7. The van der Waals surface area contributed by atoms with Crippen LogP contribution in [0.5, 0.6) is 0 Å². The third-order valence-electron chi connectivity index (χ3n) is 5.48. The van der Waals surface area contributed by atoms with Crippen LogP contribution in [0, 0.1) is 18.4 Å². The lowest BCUT2D eigenvalue weighted by atomic mass is 9.71. The van der Waals surface area contributed by atoms with Gasteiger partial charge in [-0.3, -0.25) is 20.0 Å². The van der Waals surface area contributed by atoms with E-state index in [2.05, 4.69) is 35.2 Å². The SMILES string of the molecule is CC1=[C]C(c2ccccn2)C2=C(CC(C)(C)CC2=O)N1C(=O)Nc1cc(C)ccn1. The first-order valence-corrected chi connectivity index (χ1v) is 10.1. The van der Waals surface area contributed by atoms with Crippen molar-refractivity contribution in [2.24, 2.45) is 5.41 Å². The molecule has 6 nitrogen and oxygen atoms in total. The Hall–Kier alpha value is -3.28. The molecule has 6 heteroatoms. The van der Waals surface area contributed by atoms with E-state index in [0.717, 1.165) is 17.0 Å². The Labute approximate surface area is 176 Å². The number of amides is 2. The fraction of sp³-hybridized carbons (Fsp3) is 0.333. The Morgan fingerprint density at radius 3 is 2.67 bits per heavy atom. The maximum absolute atomic E-state index is 13.3. The van der Waals surface area contributed by atoms with Gasteiger partial charge in [0.2, 0.25) is 0 Å². The number of Topliss-reactive ketones (excluding diaryl/α,β-unsaturated/α-hetero) is 1.